The van der Waals surface area contributed by atoms with E-state index >= 15 is 0 Å². The number of rotatable bonds is 6. The van der Waals surface area contributed by atoms with Crippen molar-refractivity contribution in [2.24, 2.45) is 0 Å². The number of hydrogen-bond acceptors (Lipinski definition) is 5. The van der Waals surface area contributed by atoms with E-state index in [1.165, 1.54) is 12.1 Å². The Hall–Kier alpha value is -1.67. The monoisotopic (exact) mass is 336 g/mol. The molecule has 0 aliphatic carbocycles. The molecule has 0 heterocycles. The summed E-state index contributed by atoms with van der Waals surface area (Å²) in [6.45, 7) is 0. The predicted octanol–water partition coefficient (Wildman–Crippen LogP) is 1.68. The Morgan fingerprint density at radius 1 is 0.773 bits per heavy atom. The van der Waals surface area contributed by atoms with Crippen LogP contribution in [0, 0.1) is 0 Å². The average molecular weight is 336 g/mol. The smallest absolute Gasteiger partial charge is 0.193 e. The van der Waals surface area contributed by atoms with Crippen LogP contribution in [-0.4, -0.2) is 23.3 Å². The summed E-state index contributed by atoms with van der Waals surface area (Å²) < 4.78 is 43.6. The predicted molar refractivity (Wildman–Crippen MR) is 81.6 cm³/mol. The Balaban J connectivity index is 2.45. The molecular formula is C15H12O5S2-2. The normalized spacial score (nSPS) is 13.5. The molecule has 2 aromatic carbocycles. The van der Waals surface area contributed by atoms with Crippen LogP contribution in [0.15, 0.2) is 48.5 Å². The number of carbonyl (C=O) groups excluding carboxylic acids is 1. The molecule has 0 aliphatic rings. The minimum atomic E-state index is -2.32. The standard InChI is InChI=1S/C15H14O5S2/c16-15(13-7-3-1-5-11(13)9-21(17)18)14-8-4-2-6-12(14)10-22(19)20/h1-8H,9-10H2,(H,17,18)(H,19,20)/p-2. The fourth-order valence-electron chi connectivity index (χ4n) is 2.13. The van der Waals surface area contributed by atoms with Gasteiger partial charge in [0.15, 0.2) is 5.78 Å². The summed E-state index contributed by atoms with van der Waals surface area (Å²) >= 11 is -4.63. The van der Waals surface area contributed by atoms with E-state index < -0.39 is 22.2 Å². The quantitative estimate of drug-likeness (QED) is 0.590. The maximum Gasteiger partial charge on any atom is 0.193 e. The van der Waals surface area contributed by atoms with Crippen molar-refractivity contribution in [3.8, 4) is 0 Å². The molecule has 116 valence electrons. The van der Waals surface area contributed by atoms with E-state index in [-0.39, 0.29) is 28.4 Å². The molecule has 22 heavy (non-hydrogen) atoms. The Labute approximate surface area is 132 Å². The highest BCUT2D eigenvalue weighted by Gasteiger charge is 2.16. The summed E-state index contributed by atoms with van der Waals surface area (Å²) in [4.78, 5) is 12.6. The number of ketones is 1. The largest absolute Gasteiger partial charge is 0.772 e. The van der Waals surface area contributed by atoms with Crippen LogP contribution in [0.2, 0.25) is 0 Å². The van der Waals surface area contributed by atoms with Crippen molar-refractivity contribution in [3.63, 3.8) is 0 Å². The second-order valence-corrected chi connectivity index (χ2v) is 6.33. The van der Waals surface area contributed by atoms with Gasteiger partial charge in [0, 0.05) is 22.6 Å². The van der Waals surface area contributed by atoms with Gasteiger partial charge in [-0.05, 0) is 11.1 Å². The van der Waals surface area contributed by atoms with Crippen LogP contribution >= 0.6 is 0 Å². The van der Waals surface area contributed by atoms with Gasteiger partial charge in [0.2, 0.25) is 0 Å². The molecule has 2 aromatic rings. The van der Waals surface area contributed by atoms with Crippen molar-refractivity contribution in [3.05, 3.63) is 70.8 Å². The van der Waals surface area contributed by atoms with E-state index in [1.807, 2.05) is 0 Å². The zero-order chi connectivity index (χ0) is 16.1. The van der Waals surface area contributed by atoms with Crippen molar-refractivity contribution >= 4 is 27.9 Å². The highest BCUT2D eigenvalue weighted by atomic mass is 32.2. The maximum absolute atomic E-state index is 12.6. The third-order valence-electron chi connectivity index (χ3n) is 3.07. The van der Waals surface area contributed by atoms with Crippen LogP contribution in [0.5, 0.6) is 0 Å². The van der Waals surface area contributed by atoms with Crippen LogP contribution in [-0.2, 0) is 33.7 Å². The molecule has 0 spiro atoms. The molecule has 7 heteroatoms. The second kappa shape index (κ2) is 7.55. The average Bonchev–Trinajstić information content (AvgIpc) is 2.46. The van der Waals surface area contributed by atoms with E-state index in [1.54, 1.807) is 36.4 Å². The molecule has 2 atom stereocenters. The zero-order valence-electron chi connectivity index (χ0n) is 11.4. The summed E-state index contributed by atoms with van der Waals surface area (Å²) in [5, 5.41) is 0. The van der Waals surface area contributed by atoms with Crippen LogP contribution in [0.1, 0.15) is 27.0 Å². The Morgan fingerprint density at radius 2 is 1.14 bits per heavy atom. The molecule has 0 fully saturated rings. The number of carbonyl (C=O) groups is 1. The number of benzene rings is 2. The van der Waals surface area contributed by atoms with Gasteiger partial charge in [0.25, 0.3) is 0 Å². The lowest BCUT2D eigenvalue weighted by Gasteiger charge is -2.13. The van der Waals surface area contributed by atoms with Gasteiger partial charge in [0.05, 0.1) is 0 Å². The minimum absolute atomic E-state index is 0.260. The van der Waals surface area contributed by atoms with Crippen LogP contribution in [0.25, 0.3) is 0 Å². The maximum atomic E-state index is 12.6. The molecule has 0 aromatic heterocycles. The van der Waals surface area contributed by atoms with Gasteiger partial charge in [-0.1, -0.05) is 70.7 Å². The van der Waals surface area contributed by atoms with Gasteiger partial charge in [0.1, 0.15) is 0 Å². The molecule has 0 amide bonds. The third kappa shape index (κ3) is 4.17. The topological polar surface area (TPSA) is 97.3 Å². The summed E-state index contributed by atoms with van der Waals surface area (Å²) in [6, 6.07) is 12.8. The van der Waals surface area contributed by atoms with Crippen molar-refractivity contribution in [1.29, 1.82) is 0 Å². The zero-order valence-corrected chi connectivity index (χ0v) is 13.0. The van der Waals surface area contributed by atoms with Gasteiger partial charge in [-0.25, -0.2) is 0 Å². The molecule has 0 bridgehead atoms. The first-order valence-corrected chi connectivity index (χ1v) is 8.80. The lowest BCUT2D eigenvalue weighted by molar-refractivity contribution is 0.103. The Morgan fingerprint density at radius 3 is 1.50 bits per heavy atom. The molecule has 0 radical (unpaired) electrons. The highest BCUT2D eigenvalue weighted by molar-refractivity contribution is 7.78. The van der Waals surface area contributed by atoms with Gasteiger partial charge < -0.3 is 9.11 Å². The second-order valence-electron chi connectivity index (χ2n) is 4.54. The SMILES string of the molecule is O=C(c1ccccc1CS(=O)[O-])c1ccccc1CS(=O)[O-]. The third-order valence-corrected chi connectivity index (χ3v) is 4.16. The van der Waals surface area contributed by atoms with Gasteiger partial charge in [-0.2, -0.15) is 0 Å². The molecule has 2 rings (SSSR count). The number of hydrogen-bond donors (Lipinski definition) is 0. The Bertz CT molecular complexity index is 681. The van der Waals surface area contributed by atoms with Crippen molar-refractivity contribution in [2.75, 3.05) is 0 Å². The van der Waals surface area contributed by atoms with E-state index in [9.17, 15) is 22.3 Å². The molecule has 0 saturated heterocycles. The van der Waals surface area contributed by atoms with E-state index in [4.69, 9.17) is 0 Å². The minimum Gasteiger partial charge on any atom is -0.772 e. The molecule has 0 saturated carbocycles. The van der Waals surface area contributed by atoms with E-state index in [2.05, 4.69) is 0 Å². The summed E-state index contributed by atoms with van der Waals surface area (Å²) in [5.74, 6) is -0.920. The van der Waals surface area contributed by atoms with Crippen LogP contribution in [0.4, 0.5) is 0 Å². The van der Waals surface area contributed by atoms with Gasteiger partial charge in [-0.15, -0.1) is 0 Å². The van der Waals surface area contributed by atoms with Crippen LogP contribution in [0.3, 0.4) is 0 Å². The fraction of sp³-hybridized carbons (Fsp3) is 0.133. The van der Waals surface area contributed by atoms with E-state index in [0.29, 0.717) is 11.1 Å². The lowest BCUT2D eigenvalue weighted by atomic mass is 9.96. The molecule has 0 N–H and O–H groups in total. The molecule has 5 nitrogen and oxygen atoms in total. The highest BCUT2D eigenvalue weighted by Crippen LogP contribution is 2.19. The molecular weight excluding hydrogens is 324 g/mol. The lowest BCUT2D eigenvalue weighted by Crippen LogP contribution is -2.10. The summed E-state index contributed by atoms with van der Waals surface area (Å²) in [7, 11) is 0. The van der Waals surface area contributed by atoms with Crippen molar-refractivity contribution in [2.45, 2.75) is 11.5 Å². The first-order chi connectivity index (χ1) is 10.5. The first kappa shape index (κ1) is 16.7. The van der Waals surface area contributed by atoms with Gasteiger partial charge >= 0.3 is 0 Å². The molecule has 0 aliphatic heterocycles. The first-order valence-electron chi connectivity index (χ1n) is 6.31. The summed E-state index contributed by atoms with van der Waals surface area (Å²) in [6.07, 6.45) is 0. The molecule has 2 unspecified atom stereocenters. The van der Waals surface area contributed by atoms with E-state index in [0.717, 1.165) is 0 Å². The fourth-order valence-corrected chi connectivity index (χ4v) is 3.15. The summed E-state index contributed by atoms with van der Waals surface area (Å²) in [5.41, 5.74) is 1.30. The Kier molecular flexibility index (Phi) is 5.73. The van der Waals surface area contributed by atoms with Crippen molar-refractivity contribution in [1.82, 2.24) is 0 Å². The van der Waals surface area contributed by atoms with Crippen molar-refractivity contribution < 1.29 is 22.3 Å². The van der Waals surface area contributed by atoms with Gasteiger partial charge in [-0.3, -0.25) is 13.2 Å². The van der Waals surface area contributed by atoms with Crippen LogP contribution < -0.4 is 0 Å².